The van der Waals surface area contributed by atoms with Crippen LogP contribution in [0, 0.1) is 0 Å². The van der Waals surface area contributed by atoms with Crippen molar-refractivity contribution in [2.75, 3.05) is 6.54 Å². The van der Waals surface area contributed by atoms with Crippen LogP contribution in [0.2, 0.25) is 0 Å². The lowest BCUT2D eigenvalue weighted by Gasteiger charge is -2.27. The van der Waals surface area contributed by atoms with E-state index in [0.717, 1.165) is 24.8 Å². The van der Waals surface area contributed by atoms with Crippen LogP contribution in [0.15, 0.2) is 48.7 Å². The number of hydrogen-bond donors (Lipinski definition) is 1. The lowest BCUT2D eigenvalue weighted by atomic mass is 10.1. The Balaban J connectivity index is 2.10. The molecule has 0 fully saturated rings. The van der Waals surface area contributed by atoms with E-state index in [4.69, 9.17) is 0 Å². The predicted molar refractivity (Wildman–Crippen MR) is 108 cm³/mol. The zero-order valence-electron chi connectivity index (χ0n) is 16.4. The van der Waals surface area contributed by atoms with Crippen molar-refractivity contribution in [3.8, 4) is 0 Å². The first kappa shape index (κ1) is 20.6. The van der Waals surface area contributed by atoms with Gasteiger partial charge in [0.15, 0.2) is 0 Å². The van der Waals surface area contributed by atoms with E-state index in [1.54, 1.807) is 17.0 Å². The number of nitrogens with one attached hydrogen (secondary N) is 1. The van der Waals surface area contributed by atoms with Gasteiger partial charge in [-0.05, 0) is 38.0 Å². The van der Waals surface area contributed by atoms with E-state index in [1.165, 1.54) is 6.20 Å². The first-order valence-corrected chi connectivity index (χ1v) is 9.62. The first-order chi connectivity index (χ1) is 13.0. The molecule has 1 aromatic carbocycles. The Bertz CT molecular complexity index is 744. The number of aromatic nitrogens is 1. The number of unbranched alkanes of at least 4 members (excludes halogenated alkanes) is 2. The number of pyridine rings is 1. The zero-order valence-corrected chi connectivity index (χ0v) is 16.4. The molecule has 1 aromatic heterocycles. The monoisotopic (exact) mass is 367 g/mol. The third-order valence-electron chi connectivity index (χ3n) is 4.39. The average Bonchev–Trinajstić information content (AvgIpc) is 2.69. The van der Waals surface area contributed by atoms with Gasteiger partial charge in [-0.25, -0.2) is 0 Å². The van der Waals surface area contributed by atoms with E-state index >= 15 is 0 Å². The Hall–Kier alpha value is -2.69. The Morgan fingerprint density at radius 1 is 1.11 bits per heavy atom. The predicted octanol–water partition coefficient (Wildman–Crippen LogP) is 4.05. The minimum absolute atomic E-state index is 0.0391. The number of hydrogen-bond acceptors (Lipinski definition) is 3. The molecule has 144 valence electrons. The molecule has 1 N–H and O–H groups in total. The van der Waals surface area contributed by atoms with Crippen LogP contribution in [0.3, 0.4) is 0 Å². The molecule has 27 heavy (non-hydrogen) atoms. The van der Waals surface area contributed by atoms with Crippen molar-refractivity contribution in [2.45, 2.75) is 52.6 Å². The van der Waals surface area contributed by atoms with Crippen LogP contribution in [0.5, 0.6) is 0 Å². The normalized spacial score (nSPS) is 10.7. The maximum absolute atomic E-state index is 13.0. The van der Waals surface area contributed by atoms with E-state index in [1.807, 2.05) is 44.2 Å². The van der Waals surface area contributed by atoms with Crippen molar-refractivity contribution in [1.82, 2.24) is 15.2 Å². The van der Waals surface area contributed by atoms with Crippen LogP contribution in [-0.2, 0) is 6.54 Å². The highest BCUT2D eigenvalue weighted by Gasteiger charge is 2.20. The fourth-order valence-electron chi connectivity index (χ4n) is 2.79. The van der Waals surface area contributed by atoms with E-state index < -0.39 is 0 Å². The van der Waals surface area contributed by atoms with Gasteiger partial charge in [0.05, 0.1) is 0 Å². The quantitative estimate of drug-likeness (QED) is 0.680. The largest absolute Gasteiger partial charge is 0.351 e. The van der Waals surface area contributed by atoms with Gasteiger partial charge in [0.25, 0.3) is 11.8 Å². The second-order valence-electron chi connectivity index (χ2n) is 6.91. The highest BCUT2D eigenvalue weighted by atomic mass is 16.2. The van der Waals surface area contributed by atoms with Crippen LogP contribution in [-0.4, -0.2) is 34.3 Å². The summed E-state index contributed by atoms with van der Waals surface area (Å²) >= 11 is 0. The molecule has 2 amide bonds. The summed E-state index contributed by atoms with van der Waals surface area (Å²) < 4.78 is 0. The van der Waals surface area contributed by atoms with Crippen LogP contribution in [0.1, 0.15) is 66.4 Å². The van der Waals surface area contributed by atoms with Gasteiger partial charge in [0, 0.05) is 30.9 Å². The molecule has 0 saturated carbocycles. The molecule has 2 rings (SSSR count). The van der Waals surface area contributed by atoms with E-state index in [0.29, 0.717) is 18.7 Å². The van der Waals surface area contributed by atoms with Gasteiger partial charge in [-0.2, -0.15) is 0 Å². The SMILES string of the molecule is CCCCCNC(=O)c1cc(C(=O)N(Cc2ccccc2)C(C)C)ccn1. The van der Waals surface area contributed by atoms with Crippen molar-refractivity contribution >= 4 is 11.8 Å². The molecule has 2 aromatic rings. The van der Waals surface area contributed by atoms with Crippen molar-refractivity contribution in [3.63, 3.8) is 0 Å². The average molecular weight is 367 g/mol. The van der Waals surface area contributed by atoms with Gasteiger partial charge in [0.2, 0.25) is 0 Å². The van der Waals surface area contributed by atoms with Crippen molar-refractivity contribution < 1.29 is 9.59 Å². The number of rotatable bonds is 9. The number of benzene rings is 1. The first-order valence-electron chi connectivity index (χ1n) is 9.62. The summed E-state index contributed by atoms with van der Waals surface area (Å²) in [6, 6.07) is 13.2. The summed E-state index contributed by atoms with van der Waals surface area (Å²) in [7, 11) is 0. The van der Waals surface area contributed by atoms with Crippen molar-refractivity contribution in [1.29, 1.82) is 0 Å². The van der Waals surface area contributed by atoms with Crippen molar-refractivity contribution in [3.05, 3.63) is 65.5 Å². The summed E-state index contributed by atoms with van der Waals surface area (Å²) in [5.41, 5.74) is 1.83. The fourth-order valence-corrected chi connectivity index (χ4v) is 2.79. The number of carbonyl (C=O) groups is 2. The third kappa shape index (κ3) is 6.20. The Kier molecular flexibility index (Phi) is 7.99. The fraction of sp³-hybridized carbons (Fsp3) is 0.409. The van der Waals surface area contributed by atoms with Gasteiger partial charge < -0.3 is 10.2 Å². The Morgan fingerprint density at radius 2 is 1.85 bits per heavy atom. The van der Waals surface area contributed by atoms with E-state index in [2.05, 4.69) is 17.2 Å². The maximum Gasteiger partial charge on any atom is 0.269 e. The Labute approximate surface area is 161 Å². The van der Waals surface area contributed by atoms with Crippen molar-refractivity contribution in [2.24, 2.45) is 0 Å². The van der Waals surface area contributed by atoms with Crippen LogP contribution in [0.25, 0.3) is 0 Å². The highest BCUT2D eigenvalue weighted by Crippen LogP contribution is 2.14. The molecule has 0 unspecified atom stereocenters. The summed E-state index contributed by atoms with van der Waals surface area (Å²) in [4.78, 5) is 31.2. The number of amides is 2. The molecular formula is C22H29N3O2. The van der Waals surface area contributed by atoms with Gasteiger partial charge in [0.1, 0.15) is 5.69 Å². The molecule has 0 aliphatic carbocycles. The molecule has 0 spiro atoms. The van der Waals surface area contributed by atoms with Gasteiger partial charge in [-0.3, -0.25) is 14.6 Å². The summed E-state index contributed by atoms with van der Waals surface area (Å²) in [6.45, 7) is 7.25. The standard InChI is InChI=1S/C22H29N3O2/c1-4-5-9-13-24-21(26)20-15-19(12-14-23-20)22(27)25(17(2)3)16-18-10-7-6-8-11-18/h6-8,10-12,14-15,17H,4-5,9,13,16H2,1-3H3,(H,24,26). The zero-order chi connectivity index (χ0) is 19.6. The van der Waals surface area contributed by atoms with E-state index in [-0.39, 0.29) is 23.6 Å². The molecule has 0 radical (unpaired) electrons. The molecule has 0 aliphatic heterocycles. The summed E-state index contributed by atoms with van der Waals surface area (Å²) in [5, 5.41) is 2.87. The molecule has 5 heteroatoms. The second-order valence-corrected chi connectivity index (χ2v) is 6.91. The molecule has 0 saturated heterocycles. The van der Waals surface area contributed by atoms with Crippen LogP contribution < -0.4 is 5.32 Å². The lowest BCUT2D eigenvalue weighted by Crippen LogP contribution is -2.36. The third-order valence-corrected chi connectivity index (χ3v) is 4.39. The minimum Gasteiger partial charge on any atom is -0.351 e. The summed E-state index contributed by atoms with van der Waals surface area (Å²) in [6.07, 6.45) is 4.65. The molecule has 0 bridgehead atoms. The molecule has 5 nitrogen and oxygen atoms in total. The molecule has 0 aliphatic rings. The van der Waals surface area contributed by atoms with Gasteiger partial charge in [-0.1, -0.05) is 50.1 Å². The highest BCUT2D eigenvalue weighted by molar-refractivity contribution is 5.98. The molecule has 0 atom stereocenters. The van der Waals surface area contributed by atoms with E-state index in [9.17, 15) is 9.59 Å². The van der Waals surface area contributed by atoms with Crippen LogP contribution >= 0.6 is 0 Å². The second kappa shape index (κ2) is 10.5. The lowest BCUT2D eigenvalue weighted by molar-refractivity contribution is 0.0690. The minimum atomic E-state index is -0.236. The van der Waals surface area contributed by atoms with Gasteiger partial charge in [-0.15, -0.1) is 0 Å². The van der Waals surface area contributed by atoms with Crippen LogP contribution in [0.4, 0.5) is 0 Å². The smallest absolute Gasteiger partial charge is 0.269 e. The number of carbonyl (C=O) groups excluding carboxylic acids is 2. The summed E-state index contributed by atoms with van der Waals surface area (Å²) in [5.74, 6) is -0.337. The number of nitrogens with zero attached hydrogens (tertiary/aromatic N) is 2. The molecule has 1 heterocycles. The molecular weight excluding hydrogens is 338 g/mol. The topological polar surface area (TPSA) is 62.3 Å². The van der Waals surface area contributed by atoms with Gasteiger partial charge >= 0.3 is 0 Å². The Morgan fingerprint density at radius 3 is 2.52 bits per heavy atom. The maximum atomic E-state index is 13.0.